The van der Waals surface area contributed by atoms with Gasteiger partial charge in [0.25, 0.3) is 0 Å². The highest BCUT2D eigenvalue weighted by molar-refractivity contribution is 5.96. The SMILES string of the molecule is C=C1CCC2=C(COC(C)=O)C(=O)OC2C=C(C)C(O)CC1=O. The van der Waals surface area contributed by atoms with Crippen LogP contribution in [0.2, 0.25) is 0 Å². The number of carbonyl (C=O) groups is 3. The summed E-state index contributed by atoms with van der Waals surface area (Å²) < 4.78 is 10.2. The van der Waals surface area contributed by atoms with Gasteiger partial charge in [-0.05, 0) is 42.6 Å². The Kier molecular flexibility index (Phi) is 5.15. The highest BCUT2D eigenvalue weighted by Gasteiger charge is 2.34. The molecule has 1 N–H and O–H groups in total. The van der Waals surface area contributed by atoms with Crippen molar-refractivity contribution in [2.45, 2.75) is 45.3 Å². The Hall–Kier alpha value is -2.21. The number of allylic oxidation sites excluding steroid dienone is 1. The number of Topliss-reactive ketones (excluding diaryl/α,β-unsaturated/α-hetero) is 1. The molecule has 0 saturated heterocycles. The molecule has 1 heterocycles. The monoisotopic (exact) mass is 320 g/mol. The lowest BCUT2D eigenvalue weighted by Gasteiger charge is -2.18. The van der Waals surface area contributed by atoms with E-state index in [0.717, 1.165) is 0 Å². The average molecular weight is 320 g/mol. The predicted molar refractivity (Wildman–Crippen MR) is 81.3 cm³/mol. The van der Waals surface area contributed by atoms with Crippen molar-refractivity contribution < 1.29 is 29.0 Å². The molecule has 2 rings (SSSR count). The molecule has 124 valence electrons. The summed E-state index contributed by atoms with van der Waals surface area (Å²) in [5.74, 6) is -1.23. The molecule has 0 aromatic heterocycles. The molecule has 0 aromatic carbocycles. The predicted octanol–water partition coefficient (Wildman–Crippen LogP) is 1.39. The third-order valence-electron chi connectivity index (χ3n) is 4.04. The highest BCUT2D eigenvalue weighted by atomic mass is 16.6. The van der Waals surface area contributed by atoms with Crippen LogP contribution in [-0.4, -0.2) is 41.6 Å². The van der Waals surface area contributed by atoms with E-state index >= 15 is 0 Å². The van der Waals surface area contributed by atoms with Gasteiger partial charge in [0.2, 0.25) is 0 Å². The molecule has 2 unspecified atom stereocenters. The molecule has 6 nitrogen and oxygen atoms in total. The Morgan fingerprint density at radius 2 is 2.13 bits per heavy atom. The van der Waals surface area contributed by atoms with Crippen LogP contribution in [0.15, 0.2) is 34.9 Å². The molecular weight excluding hydrogens is 300 g/mol. The van der Waals surface area contributed by atoms with Gasteiger partial charge in [0.05, 0.1) is 11.7 Å². The first kappa shape index (κ1) is 17.1. The first-order chi connectivity index (χ1) is 10.8. The molecule has 2 aliphatic rings. The molecule has 2 atom stereocenters. The molecule has 1 aliphatic heterocycles. The van der Waals surface area contributed by atoms with E-state index < -0.39 is 24.1 Å². The van der Waals surface area contributed by atoms with Crippen molar-refractivity contribution in [2.75, 3.05) is 6.61 Å². The van der Waals surface area contributed by atoms with Gasteiger partial charge in [0.1, 0.15) is 12.7 Å². The van der Waals surface area contributed by atoms with E-state index in [1.807, 2.05) is 0 Å². The van der Waals surface area contributed by atoms with Crippen LogP contribution in [-0.2, 0) is 23.9 Å². The first-order valence-electron chi connectivity index (χ1n) is 7.43. The summed E-state index contributed by atoms with van der Waals surface area (Å²) in [4.78, 5) is 35.0. The van der Waals surface area contributed by atoms with Gasteiger partial charge in [-0.3, -0.25) is 9.59 Å². The lowest BCUT2D eigenvalue weighted by molar-refractivity contribution is -0.142. The second-order valence-corrected chi connectivity index (χ2v) is 5.77. The number of ketones is 1. The van der Waals surface area contributed by atoms with Crippen molar-refractivity contribution in [1.82, 2.24) is 0 Å². The third kappa shape index (κ3) is 3.96. The fraction of sp³-hybridized carbons (Fsp3) is 0.471. The first-order valence-corrected chi connectivity index (χ1v) is 7.43. The number of esters is 2. The molecule has 0 amide bonds. The minimum absolute atomic E-state index is 0.0266. The normalized spacial score (nSPS) is 25.7. The lowest BCUT2D eigenvalue weighted by Crippen LogP contribution is -2.20. The number of ether oxygens (including phenoxy) is 2. The van der Waals surface area contributed by atoms with Gasteiger partial charge in [0.15, 0.2) is 5.78 Å². The molecule has 0 bridgehead atoms. The second kappa shape index (κ2) is 6.91. The maximum absolute atomic E-state index is 12.0. The van der Waals surface area contributed by atoms with Crippen molar-refractivity contribution in [3.8, 4) is 0 Å². The Morgan fingerprint density at radius 1 is 1.43 bits per heavy atom. The van der Waals surface area contributed by atoms with Crippen molar-refractivity contribution in [1.29, 1.82) is 0 Å². The summed E-state index contributed by atoms with van der Waals surface area (Å²) in [5.41, 5.74) is 1.91. The van der Waals surface area contributed by atoms with E-state index in [9.17, 15) is 19.5 Å². The van der Waals surface area contributed by atoms with Crippen molar-refractivity contribution in [3.05, 3.63) is 34.9 Å². The van der Waals surface area contributed by atoms with E-state index in [4.69, 9.17) is 9.47 Å². The largest absolute Gasteiger partial charge is 0.461 e. The van der Waals surface area contributed by atoms with Crippen LogP contribution in [0.4, 0.5) is 0 Å². The van der Waals surface area contributed by atoms with E-state index in [-0.39, 0.29) is 18.8 Å². The van der Waals surface area contributed by atoms with Crippen LogP contribution in [0.25, 0.3) is 0 Å². The fourth-order valence-corrected chi connectivity index (χ4v) is 2.57. The summed E-state index contributed by atoms with van der Waals surface area (Å²) in [6.07, 6.45) is 0.849. The van der Waals surface area contributed by atoms with Gasteiger partial charge in [-0.15, -0.1) is 0 Å². The number of fused-ring (bicyclic) bond motifs is 1. The molecule has 0 spiro atoms. The standard InChI is InChI=1S/C17H20O6/c1-9-4-5-12-13(8-22-11(3)18)17(21)23-16(12)6-10(2)15(20)7-14(9)19/h6,15-16,20H,1,4-5,7-8H2,2-3H3. The molecule has 1 aliphatic carbocycles. The molecule has 6 heteroatoms. The third-order valence-corrected chi connectivity index (χ3v) is 4.04. The Balaban J connectivity index is 2.37. The quantitative estimate of drug-likeness (QED) is 0.470. The van der Waals surface area contributed by atoms with Crippen LogP contribution in [0, 0.1) is 0 Å². The maximum Gasteiger partial charge on any atom is 0.338 e. The van der Waals surface area contributed by atoms with Crippen LogP contribution in [0.5, 0.6) is 0 Å². The van der Waals surface area contributed by atoms with Gasteiger partial charge in [0, 0.05) is 13.3 Å². The zero-order chi connectivity index (χ0) is 17.1. The number of hydrogen-bond donors (Lipinski definition) is 1. The van der Waals surface area contributed by atoms with Crippen LogP contribution in [0.3, 0.4) is 0 Å². The van der Waals surface area contributed by atoms with Gasteiger partial charge >= 0.3 is 11.9 Å². The number of aliphatic hydroxyl groups excluding tert-OH is 1. The lowest BCUT2D eigenvalue weighted by atomic mass is 9.90. The maximum atomic E-state index is 12.0. The van der Waals surface area contributed by atoms with E-state index in [1.54, 1.807) is 13.0 Å². The highest BCUT2D eigenvalue weighted by Crippen LogP contribution is 2.31. The minimum Gasteiger partial charge on any atom is -0.461 e. The summed E-state index contributed by atoms with van der Waals surface area (Å²) in [6, 6.07) is 0. The molecule has 0 aromatic rings. The smallest absolute Gasteiger partial charge is 0.338 e. The summed E-state index contributed by atoms with van der Waals surface area (Å²) in [7, 11) is 0. The summed E-state index contributed by atoms with van der Waals surface area (Å²) in [6.45, 7) is 6.53. The fourth-order valence-electron chi connectivity index (χ4n) is 2.57. The van der Waals surface area contributed by atoms with E-state index in [2.05, 4.69) is 6.58 Å². The Labute approximate surface area is 134 Å². The van der Waals surface area contributed by atoms with Crippen molar-refractivity contribution in [3.63, 3.8) is 0 Å². The van der Waals surface area contributed by atoms with Gasteiger partial charge < -0.3 is 14.6 Å². The number of rotatable bonds is 2. The number of hydrogen-bond acceptors (Lipinski definition) is 6. The average Bonchev–Trinajstić information content (AvgIpc) is 2.76. The number of carbonyl (C=O) groups excluding carboxylic acids is 3. The molecular formula is C17H20O6. The van der Waals surface area contributed by atoms with Crippen LogP contribution >= 0.6 is 0 Å². The zero-order valence-electron chi connectivity index (χ0n) is 13.3. The topological polar surface area (TPSA) is 89.9 Å². The van der Waals surface area contributed by atoms with Crippen molar-refractivity contribution >= 4 is 17.7 Å². The van der Waals surface area contributed by atoms with Gasteiger partial charge in [-0.25, -0.2) is 4.79 Å². The van der Waals surface area contributed by atoms with E-state index in [0.29, 0.717) is 35.1 Å². The van der Waals surface area contributed by atoms with Crippen LogP contribution in [0.1, 0.15) is 33.1 Å². The minimum atomic E-state index is -0.935. The van der Waals surface area contributed by atoms with E-state index in [1.165, 1.54) is 6.92 Å². The molecule has 0 saturated carbocycles. The molecule has 0 radical (unpaired) electrons. The summed E-state index contributed by atoms with van der Waals surface area (Å²) in [5, 5.41) is 10.1. The Morgan fingerprint density at radius 3 is 2.78 bits per heavy atom. The van der Waals surface area contributed by atoms with Crippen LogP contribution < -0.4 is 0 Å². The number of aliphatic hydroxyl groups is 1. The second-order valence-electron chi connectivity index (χ2n) is 5.77. The molecule has 23 heavy (non-hydrogen) atoms. The van der Waals surface area contributed by atoms with Gasteiger partial charge in [-0.2, -0.15) is 0 Å². The Bertz CT molecular complexity index is 625. The molecule has 0 fully saturated rings. The van der Waals surface area contributed by atoms with Gasteiger partial charge in [-0.1, -0.05) is 6.58 Å². The summed E-state index contributed by atoms with van der Waals surface area (Å²) >= 11 is 0. The zero-order valence-corrected chi connectivity index (χ0v) is 13.3. The van der Waals surface area contributed by atoms with Crippen molar-refractivity contribution in [2.24, 2.45) is 0 Å².